The van der Waals surface area contributed by atoms with Crippen LogP contribution in [0.3, 0.4) is 0 Å². The third kappa shape index (κ3) is 2.45. The highest BCUT2D eigenvalue weighted by Gasteiger charge is 2.26. The van der Waals surface area contributed by atoms with Gasteiger partial charge in [-0.25, -0.2) is 8.42 Å². The predicted octanol–water partition coefficient (Wildman–Crippen LogP) is 1.52. The van der Waals surface area contributed by atoms with Crippen molar-refractivity contribution in [3.05, 3.63) is 23.8 Å². The summed E-state index contributed by atoms with van der Waals surface area (Å²) in [6.07, 6.45) is 3.27. The maximum Gasteiger partial charge on any atom is 0.179 e. The summed E-state index contributed by atoms with van der Waals surface area (Å²) >= 11 is 0. The summed E-state index contributed by atoms with van der Waals surface area (Å²) in [5.41, 5.74) is 0.823. The lowest BCUT2D eigenvalue weighted by atomic mass is 10.1. The first-order valence-corrected chi connectivity index (χ1v) is 7.53. The highest BCUT2D eigenvalue weighted by atomic mass is 32.2. The van der Waals surface area contributed by atoms with E-state index in [1.165, 1.54) is 13.4 Å². The van der Waals surface area contributed by atoms with Crippen molar-refractivity contribution in [1.82, 2.24) is 5.32 Å². The molecule has 94 valence electrons. The summed E-state index contributed by atoms with van der Waals surface area (Å²) in [4.78, 5) is 0.321. The van der Waals surface area contributed by atoms with Crippen molar-refractivity contribution < 1.29 is 13.2 Å². The van der Waals surface area contributed by atoms with E-state index in [9.17, 15) is 8.42 Å². The fourth-order valence-electron chi connectivity index (χ4n) is 2.31. The lowest BCUT2D eigenvalue weighted by molar-refractivity contribution is 0.400. The van der Waals surface area contributed by atoms with Gasteiger partial charge in [-0.15, -0.1) is 0 Å². The summed E-state index contributed by atoms with van der Waals surface area (Å²) in [6.45, 7) is 0.936. The molecule has 0 aliphatic carbocycles. The van der Waals surface area contributed by atoms with Crippen molar-refractivity contribution in [2.24, 2.45) is 0 Å². The van der Waals surface area contributed by atoms with Crippen LogP contribution >= 0.6 is 0 Å². The average Bonchev–Trinajstić information content (AvgIpc) is 2.80. The number of nitrogens with one attached hydrogen (secondary N) is 1. The van der Waals surface area contributed by atoms with Crippen LogP contribution in [0, 0.1) is 0 Å². The summed E-state index contributed by atoms with van der Waals surface area (Å²) in [6, 6.07) is 5.51. The summed E-state index contributed by atoms with van der Waals surface area (Å²) in [5, 5.41) is 3.32. The van der Waals surface area contributed by atoms with Crippen molar-refractivity contribution in [1.29, 1.82) is 0 Å². The van der Waals surface area contributed by atoms with Gasteiger partial charge in [0.1, 0.15) is 10.6 Å². The highest BCUT2D eigenvalue weighted by molar-refractivity contribution is 7.90. The molecule has 1 aromatic rings. The molecule has 0 saturated carbocycles. The van der Waals surface area contributed by atoms with Crippen LogP contribution in [-0.2, 0) is 9.84 Å². The number of rotatable bonds is 3. The van der Waals surface area contributed by atoms with E-state index in [0.29, 0.717) is 10.6 Å². The average molecular weight is 255 g/mol. The molecule has 0 bridgehead atoms. The molecule has 1 aliphatic rings. The molecule has 2 rings (SSSR count). The van der Waals surface area contributed by atoms with Gasteiger partial charge in [0.2, 0.25) is 0 Å². The van der Waals surface area contributed by atoms with Gasteiger partial charge in [-0.05, 0) is 31.0 Å². The molecule has 1 saturated heterocycles. The molecule has 1 aromatic carbocycles. The predicted molar refractivity (Wildman–Crippen MR) is 66.1 cm³/mol. The Bertz CT molecular complexity index is 504. The number of hydrogen-bond donors (Lipinski definition) is 1. The van der Waals surface area contributed by atoms with E-state index >= 15 is 0 Å². The number of ether oxygens (including phenoxy) is 1. The molecule has 1 atom stereocenters. The SMILES string of the molecule is COc1cccc(C2CCCN2)c1S(C)(=O)=O. The first-order valence-electron chi connectivity index (χ1n) is 5.64. The lowest BCUT2D eigenvalue weighted by Gasteiger charge is -2.17. The van der Waals surface area contributed by atoms with Gasteiger partial charge in [-0.3, -0.25) is 0 Å². The second-order valence-electron chi connectivity index (χ2n) is 4.30. The van der Waals surface area contributed by atoms with E-state index < -0.39 is 9.84 Å². The Morgan fingerprint density at radius 2 is 2.18 bits per heavy atom. The maximum atomic E-state index is 11.9. The van der Waals surface area contributed by atoms with Gasteiger partial charge >= 0.3 is 0 Å². The van der Waals surface area contributed by atoms with Crippen LogP contribution in [-0.4, -0.2) is 28.3 Å². The molecule has 0 aromatic heterocycles. The van der Waals surface area contributed by atoms with E-state index in [1.54, 1.807) is 6.07 Å². The first kappa shape index (κ1) is 12.4. The fraction of sp³-hybridized carbons (Fsp3) is 0.500. The van der Waals surface area contributed by atoms with Gasteiger partial charge in [0.15, 0.2) is 9.84 Å². The first-order chi connectivity index (χ1) is 8.04. The Morgan fingerprint density at radius 3 is 2.71 bits per heavy atom. The third-order valence-corrected chi connectivity index (χ3v) is 4.21. The molecule has 5 heteroatoms. The van der Waals surface area contributed by atoms with Crippen LogP contribution in [0.2, 0.25) is 0 Å². The Kier molecular flexibility index (Phi) is 3.40. The topological polar surface area (TPSA) is 55.4 Å². The van der Waals surface area contributed by atoms with Gasteiger partial charge in [-0.1, -0.05) is 12.1 Å². The van der Waals surface area contributed by atoms with Crippen LogP contribution in [0.25, 0.3) is 0 Å². The minimum Gasteiger partial charge on any atom is -0.495 e. The minimum atomic E-state index is -3.28. The Morgan fingerprint density at radius 1 is 1.41 bits per heavy atom. The molecule has 17 heavy (non-hydrogen) atoms. The second kappa shape index (κ2) is 4.66. The molecule has 4 nitrogen and oxygen atoms in total. The molecule has 1 fully saturated rings. The van der Waals surface area contributed by atoms with Gasteiger partial charge in [-0.2, -0.15) is 0 Å². The molecule has 1 heterocycles. The van der Waals surface area contributed by atoms with Crippen molar-refractivity contribution >= 4 is 9.84 Å². The third-order valence-electron chi connectivity index (χ3n) is 3.04. The number of methoxy groups -OCH3 is 1. The van der Waals surface area contributed by atoms with Crippen molar-refractivity contribution in [2.75, 3.05) is 19.9 Å². The van der Waals surface area contributed by atoms with E-state index in [1.807, 2.05) is 12.1 Å². The highest BCUT2D eigenvalue weighted by Crippen LogP contribution is 2.34. The molecule has 0 spiro atoms. The smallest absolute Gasteiger partial charge is 0.179 e. The molecule has 1 unspecified atom stereocenters. The van der Waals surface area contributed by atoms with Gasteiger partial charge in [0.25, 0.3) is 0 Å². The van der Waals surface area contributed by atoms with Gasteiger partial charge in [0.05, 0.1) is 7.11 Å². The fourth-order valence-corrected chi connectivity index (χ4v) is 3.47. The van der Waals surface area contributed by atoms with E-state index in [4.69, 9.17) is 4.74 Å². The standard InChI is InChI=1S/C12H17NO3S/c1-16-11-7-3-5-9(10-6-4-8-13-10)12(11)17(2,14)15/h3,5,7,10,13H,4,6,8H2,1-2H3. The summed E-state index contributed by atoms with van der Waals surface area (Å²) < 4.78 is 28.9. The largest absolute Gasteiger partial charge is 0.495 e. The Balaban J connectivity index is 2.58. The van der Waals surface area contributed by atoms with Gasteiger partial charge < -0.3 is 10.1 Å². The van der Waals surface area contributed by atoms with Crippen molar-refractivity contribution in [2.45, 2.75) is 23.8 Å². The molecular weight excluding hydrogens is 238 g/mol. The van der Waals surface area contributed by atoms with Crippen LogP contribution < -0.4 is 10.1 Å². The van der Waals surface area contributed by atoms with E-state index in [0.717, 1.165) is 24.9 Å². The number of hydrogen-bond acceptors (Lipinski definition) is 4. The van der Waals surface area contributed by atoms with E-state index in [-0.39, 0.29) is 6.04 Å². The van der Waals surface area contributed by atoms with Gasteiger partial charge in [0, 0.05) is 12.3 Å². The number of benzene rings is 1. The van der Waals surface area contributed by atoms with Crippen LogP contribution in [0.1, 0.15) is 24.4 Å². The van der Waals surface area contributed by atoms with Crippen LogP contribution in [0.5, 0.6) is 5.75 Å². The lowest BCUT2D eigenvalue weighted by Crippen LogP contribution is -2.16. The van der Waals surface area contributed by atoms with Crippen molar-refractivity contribution in [3.63, 3.8) is 0 Å². The maximum absolute atomic E-state index is 11.9. The second-order valence-corrected chi connectivity index (χ2v) is 6.25. The minimum absolute atomic E-state index is 0.120. The zero-order valence-corrected chi connectivity index (χ0v) is 10.9. The zero-order chi connectivity index (χ0) is 12.5. The molecular formula is C12H17NO3S. The Hall–Kier alpha value is -1.07. The summed E-state index contributed by atoms with van der Waals surface area (Å²) in [5.74, 6) is 0.429. The summed E-state index contributed by atoms with van der Waals surface area (Å²) in [7, 11) is -1.78. The normalized spacial score (nSPS) is 20.5. The zero-order valence-electron chi connectivity index (χ0n) is 10.1. The number of sulfone groups is 1. The van der Waals surface area contributed by atoms with Crippen molar-refractivity contribution in [3.8, 4) is 5.75 Å². The molecule has 1 aliphatic heterocycles. The quantitative estimate of drug-likeness (QED) is 0.889. The molecule has 0 amide bonds. The van der Waals surface area contributed by atoms with Crippen LogP contribution in [0.4, 0.5) is 0 Å². The molecule has 0 radical (unpaired) electrons. The molecule has 1 N–H and O–H groups in total. The van der Waals surface area contributed by atoms with E-state index in [2.05, 4.69) is 5.32 Å². The Labute approximate surface area is 102 Å². The van der Waals surface area contributed by atoms with Crippen LogP contribution in [0.15, 0.2) is 23.1 Å². The monoisotopic (exact) mass is 255 g/mol.